The Balaban J connectivity index is 2.56. The summed E-state index contributed by atoms with van der Waals surface area (Å²) < 4.78 is 5.08. The minimum atomic E-state index is -1.05. The van der Waals surface area contributed by atoms with Crippen LogP contribution in [0, 0.1) is 21.7 Å². The molecule has 0 spiro atoms. The molecule has 2 rings (SSSR count). The van der Waals surface area contributed by atoms with Crippen molar-refractivity contribution >= 4 is 11.7 Å². The highest BCUT2D eigenvalue weighted by Crippen LogP contribution is 2.40. The molecule has 1 heterocycles. The Kier molecular flexibility index (Phi) is 6.38. The van der Waals surface area contributed by atoms with E-state index in [1.54, 1.807) is 13.8 Å². The highest BCUT2D eigenvalue weighted by molar-refractivity contribution is 5.92. The Labute approximate surface area is 155 Å². The predicted octanol–water partition coefficient (Wildman–Crippen LogP) is 2.22. The first kappa shape index (κ1) is 20.2. The highest BCUT2D eigenvalue weighted by atomic mass is 16.8. The maximum Gasteiger partial charge on any atom is 0.336 e. The number of hydroxylamine groups is 2. The van der Waals surface area contributed by atoms with Crippen molar-refractivity contribution in [1.82, 2.24) is 10.5 Å². The number of ether oxygens (including phenoxy) is 1. The van der Waals surface area contributed by atoms with Crippen molar-refractivity contribution < 1.29 is 19.9 Å². The van der Waals surface area contributed by atoms with Crippen molar-refractivity contribution in [2.45, 2.75) is 26.2 Å². The molecule has 10 nitrogen and oxygen atoms in total. The van der Waals surface area contributed by atoms with E-state index >= 15 is 0 Å². The van der Waals surface area contributed by atoms with Gasteiger partial charge in [-0.3, -0.25) is 10.4 Å². The fourth-order valence-electron chi connectivity index (χ4n) is 2.92. The Morgan fingerprint density at radius 1 is 1.30 bits per heavy atom. The van der Waals surface area contributed by atoms with Gasteiger partial charge in [0.1, 0.15) is 6.61 Å². The Morgan fingerprint density at radius 3 is 2.59 bits per heavy atom. The zero-order valence-electron chi connectivity index (χ0n) is 14.7. The first-order chi connectivity index (χ1) is 12.8. The van der Waals surface area contributed by atoms with E-state index in [0.29, 0.717) is 17.0 Å². The number of dihydropyridines is 1. The molecule has 144 valence electrons. The lowest BCUT2D eigenvalue weighted by Crippen LogP contribution is -2.33. The quantitative estimate of drug-likeness (QED) is 0.383. The molecule has 1 aliphatic heterocycles. The van der Waals surface area contributed by atoms with Crippen molar-refractivity contribution in [3.63, 3.8) is 0 Å². The zero-order chi connectivity index (χ0) is 20.1. The number of anilines is 1. The van der Waals surface area contributed by atoms with Crippen molar-refractivity contribution in [3.05, 3.63) is 62.9 Å². The zero-order valence-corrected chi connectivity index (χ0v) is 14.7. The van der Waals surface area contributed by atoms with Gasteiger partial charge in [-0.2, -0.15) is 5.26 Å². The van der Waals surface area contributed by atoms with Gasteiger partial charge in [0.25, 0.3) is 0 Å². The van der Waals surface area contributed by atoms with Crippen LogP contribution in [-0.4, -0.2) is 28.2 Å². The smallest absolute Gasteiger partial charge is 0.336 e. The SMILES string of the molecule is CC1=C(C(=O)OCCC#N)[C@@H](c2cccc(N([O-])O)c2)C(N([O-])O)=C(C)N1. The van der Waals surface area contributed by atoms with E-state index in [0.717, 1.165) is 0 Å². The van der Waals surface area contributed by atoms with Crippen LogP contribution in [0.3, 0.4) is 0 Å². The van der Waals surface area contributed by atoms with Crippen LogP contribution in [0.4, 0.5) is 5.69 Å². The summed E-state index contributed by atoms with van der Waals surface area (Å²) in [5.74, 6) is -1.83. The lowest BCUT2D eigenvalue weighted by atomic mass is 9.84. The molecule has 1 aromatic rings. The molecule has 0 unspecified atom stereocenters. The molecule has 3 N–H and O–H groups in total. The molecule has 0 amide bonds. The number of carbonyl (C=O) groups is 1. The fraction of sp³-hybridized carbons (Fsp3) is 0.294. The van der Waals surface area contributed by atoms with E-state index in [4.69, 9.17) is 15.2 Å². The average Bonchev–Trinajstić information content (AvgIpc) is 2.60. The molecule has 1 aliphatic rings. The summed E-state index contributed by atoms with van der Waals surface area (Å²) in [5, 5.41) is 52.4. The maximum absolute atomic E-state index is 12.6. The third kappa shape index (κ3) is 4.36. The maximum atomic E-state index is 12.6. The van der Waals surface area contributed by atoms with E-state index in [1.165, 1.54) is 24.3 Å². The van der Waals surface area contributed by atoms with Crippen molar-refractivity contribution in [2.75, 3.05) is 11.8 Å². The van der Waals surface area contributed by atoms with Gasteiger partial charge in [0.2, 0.25) is 0 Å². The minimum absolute atomic E-state index is 0.00327. The van der Waals surface area contributed by atoms with Crippen LogP contribution in [0.2, 0.25) is 0 Å². The fourth-order valence-corrected chi connectivity index (χ4v) is 2.92. The molecule has 10 heteroatoms. The molecule has 0 radical (unpaired) electrons. The third-order valence-corrected chi connectivity index (χ3v) is 4.02. The highest BCUT2D eigenvalue weighted by Gasteiger charge is 2.35. The van der Waals surface area contributed by atoms with E-state index in [-0.39, 0.29) is 40.4 Å². The van der Waals surface area contributed by atoms with Crippen molar-refractivity contribution in [2.24, 2.45) is 0 Å². The average molecular weight is 374 g/mol. The summed E-state index contributed by atoms with van der Waals surface area (Å²) in [6.07, 6.45) is -0.00327. The number of rotatable bonds is 6. The molecule has 0 saturated heterocycles. The van der Waals surface area contributed by atoms with Crippen LogP contribution in [0.1, 0.15) is 31.7 Å². The monoisotopic (exact) mass is 374 g/mol. The molecule has 0 aromatic heterocycles. The van der Waals surface area contributed by atoms with Gasteiger partial charge < -0.3 is 30.9 Å². The molecule has 27 heavy (non-hydrogen) atoms. The number of allylic oxidation sites excluding steroid dienone is 3. The summed E-state index contributed by atoms with van der Waals surface area (Å²) in [6, 6.07) is 7.47. The van der Waals surface area contributed by atoms with Crippen LogP contribution >= 0.6 is 0 Å². The van der Waals surface area contributed by atoms with Gasteiger partial charge in [0.15, 0.2) is 0 Å². The summed E-state index contributed by atoms with van der Waals surface area (Å²) in [4.78, 5) is 12.6. The summed E-state index contributed by atoms with van der Waals surface area (Å²) in [7, 11) is 0. The van der Waals surface area contributed by atoms with Crippen LogP contribution in [-0.2, 0) is 9.53 Å². The Bertz CT molecular complexity index is 825. The molecule has 1 atom stereocenters. The molecule has 0 fully saturated rings. The number of benzene rings is 1. The second kappa shape index (κ2) is 8.52. The number of nitriles is 1. The molecular weight excluding hydrogens is 356 g/mol. The number of hydrogen-bond acceptors (Lipinski definition) is 10. The number of carbonyl (C=O) groups excluding carboxylic acids is 1. The predicted molar refractivity (Wildman–Crippen MR) is 93.5 cm³/mol. The van der Waals surface area contributed by atoms with Gasteiger partial charge in [0, 0.05) is 11.4 Å². The number of nitrogens with zero attached hydrogens (tertiary/aromatic N) is 3. The lowest BCUT2D eigenvalue weighted by molar-refractivity contribution is -0.139. The van der Waals surface area contributed by atoms with Gasteiger partial charge in [-0.05, 0) is 31.5 Å². The molecule has 0 saturated carbocycles. The van der Waals surface area contributed by atoms with E-state index in [2.05, 4.69) is 5.32 Å². The van der Waals surface area contributed by atoms with Gasteiger partial charge in [-0.15, -0.1) is 0 Å². The van der Waals surface area contributed by atoms with Crippen molar-refractivity contribution in [3.8, 4) is 6.07 Å². The number of esters is 1. The van der Waals surface area contributed by atoms with Crippen LogP contribution in [0.5, 0.6) is 0 Å². The van der Waals surface area contributed by atoms with E-state index in [1.807, 2.05) is 6.07 Å². The molecular formula is C17H18N4O6-2. The van der Waals surface area contributed by atoms with Gasteiger partial charge in [-0.1, -0.05) is 12.1 Å². The Morgan fingerprint density at radius 2 is 2.00 bits per heavy atom. The summed E-state index contributed by atoms with van der Waals surface area (Å²) in [6.45, 7) is 3.00. The van der Waals surface area contributed by atoms with Gasteiger partial charge in [0.05, 0.1) is 35.4 Å². The van der Waals surface area contributed by atoms with E-state index in [9.17, 15) is 20.4 Å². The molecule has 0 aliphatic carbocycles. The first-order valence-corrected chi connectivity index (χ1v) is 7.92. The van der Waals surface area contributed by atoms with Crippen LogP contribution < -0.4 is 10.5 Å². The van der Waals surface area contributed by atoms with Crippen LogP contribution in [0.15, 0.2) is 46.9 Å². The van der Waals surface area contributed by atoms with Gasteiger partial charge >= 0.3 is 5.97 Å². The standard InChI is InChI=1S/C17H18N4O6/c1-10-14(17(22)27-8-4-7-18)15(16(21(25)26)11(2)19-10)12-5-3-6-13(9-12)20(23)24/h3,5-6,9,15,19,23,25H,4,8H2,1-2H3/q-2/t15-/m1/s1. The largest absolute Gasteiger partial charge is 0.734 e. The second-order valence-corrected chi connectivity index (χ2v) is 5.79. The molecule has 1 aromatic carbocycles. The van der Waals surface area contributed by atoms with E-state index < -0.39 is 11.9 Å². The third-order valence-electron chi connectivity index (χ3n) is 4.02. The topological polar surface area (TPSA) is 155 Å². The summed E-state index contributed by atoms with van der Waals surface area (Å²) >= 11 is 0. The second-order valence-electron chi connectivity index (χ2n) is 5.79. The normalized spacial score (nSPS) is 16.6. The number of nitrogens with one attached hydrogen (secondary N) is 1. The van der Waals surface area contributed by atoms with Crippen molar-refractivity contribution in [1.29, 1.82) is 5.26 Å². The minimum Gasteiger partial charge on any atom is -0.734 e. The van der Waals surface area contributed by atoms with Crippen LogP contribution in [0.25, 0.3) is 0 Å². The first-order valence-electron chi connectivity index (χ1n) is 7.92. The Hall–Kier alpha value is -3.10. The number of hydrogen-bond donors (Lipinski definition) is 3. The lowest BCUT2D eigenvalue weighted by Gasteiger charge is -2.38. The van der Waals surface area contributed by atoms with Gasteiger partial charge in [-0.25, -0.2) is 4.79 Å². The molecule has 0 bridgehead atoms. The summed E-state index contributed by atoms with van der Waals surface area (Å²) in [5.41, 5.74) is 0.750.